The van der Waals surface area contributed by atoms with E-state index in [0.717, 1.165) is 34.9 Å². The maximum Gasteiger partial charge on any atom is 0.142 e. The van der Waals surface area contributed by atoms with Gasteiger partial charge in [-0.2, -0.15) is 11.8 Å². The Hall–Kier alpha value is -2.14. The minimum Gasteiger partial charge on any atom is -0.495 e. The van der Waals surface area contributed by atoms with Crippen molar-refractivity contribution in [3.05, 3.63) is 48.3 Å². The lowest BCUT2D eigenvalue weighted by molar-refractivity contribution is 0.415. The first-order valence-electron chi connectivity index (χ1n) is 7.68. The molecule has 0 amide bonds. The Morgan fingerprint density at radius 2 is 2.00 bits per heavy atom. The van der Waals surface area contributed by atoms with Gasteiger partial charge in [0.2, 0.25) is 0 Å². The number of aromatic nitrogens is 1. The maximum atomic E-state index is 5.41. The van der Waals surface area contributed by atoms with Crippen LogP contribution in [0.15, 0.2) is 42.0 Å². The fraction of sp³-hybridized carbons (Fsp3) is 0.316. The number of H-pyrrole nitrogens is 1. The summed E-state index contributed by atoms with van der Waals surface area (Å²) in [6.07, 6.45) is 9.64. The Kier molecular flexibility index (Phi) is 8.79. The van der Waals surface area contributed by atoms with Crippen molar-refractivity contribution in [2.75, 3.05) is 31.6 Å². The van der Waals surface area contributed by atoms with Crippen LogP contribution in [0, 0.1) is 0 Å². The van der Waals surface area contributed by atoms with E-state index in [1.807, 2.05) is 56.9 Å². The fourth-order valence-corrected chi connectivity index (χ4v) is 2.32. The van der Waals surface area contributed by atoms with Crippen LogP contribution in [0.1, 0.15) is 18.2 Å². The number of methoxy groups -OCH3 is 1. The monoisotopic (exact) mass is 345 g/mol. The quantitative estimate of drug-likeness (QED) is 0.749. The number of anilines is 1. The highest BCUT2D eigenvalue weighted by atomic mass is 32.2. The number of thioether (sulfide) groups is 1. The molecular weight excluding hydrogens is 318 g/mol. The number of hydrogen-bond donors (Lipinski definition) is 1. The van der Waals surface area contributed by atoms with Crippen LogP contribution in [-0.2, 0) is 6.54 Å². The number of aromatic amines is 1. The Morgan fingerprint density at radius 1 is 1.33 bits per heavy atom. The summed E-state index contributed by atoms with van der Waals surface area (Å²) in [6.45, 7) is 6.46. The third-order valence-corrected chi connectivity index (χ3v) is 3.33. The van der Waals surface area contributed by atoms with E-state index in [1.165, 1.54) is 0 Å². The molecular formula is C19H27N3OS. The second-order valence-corrected chi connectivity index (χ2v) is 5.92. The van der Waals surface area contributed by atoms with Crippen molar-refractivity contribution >= 4 is 35.4 Å². The van der Waals surface area contributed by atoms with Gasteiger partial charge in [0.1, 0.15) is 5.75 Å². The Labute approximate surface area is 149 Å². The number of ether oxygens (including phenoxy) is 1. The molecule has 4 nitrogen and oxygen atoms in total. The first-order valence-corrected chi connectivity index (χ1v) is 9.31. The van der Waals surface area contributed by atoms with E-state index in [9.17, 15) is 0 Å². The van der Waals surface area contributed by atoms with Crippen molar-refractivity contribution in [2.45, 2.75) is 13.5 Å². The van der Waals surface area contributed by atoms with Gasteiger partial charge < -0.3 is 14.6 Å². The smallest absolute Gasteiger partial charge is 0.142 e. The number of rotatable bonds is 6. The fourth-order valence-electron chi connectivity index (χ4n) is 2.32. The predicted octanol–water partition coefficient (Wildman–Crippen LogP) is 5.00. The molecule has 130 valence electrons. The van der Waals surface area contributed by atoms with Gasteiger partial charge in [-0.05, 0) is 37.6 Å². The molecule has 0 aliphatic carbocycles. The van der Waals surface area contributed by atoms with E-state index >= 15 is 0 Å². The van der Waals surface area contributed by atoms with Crippen LogP contribution in [0.25, 0.3) is 6.08 Å². The van der Waals surface area contributed by atoms with E-state index in [4.69, 9.17) is 4.74 Å². The van der Waals surface area contributed by atoms with E-state index in [1.54, 1.807) is 31.2 Å². The lowest BCUT2D eigenvalue weighted by Gasteiger charge is -2.21. The first kappa shape index (κ1) is 19.9. The van der Waals surface area contributed by atoms with Crippen LogP contribution >= 0.6 is 11.8 Å². The zero-order valence-electron chi connectivity index (χ0n) is 15.2. The molecule has 0 aliphatic rings. The molecule has 0 bridgehead atoms. The first-order chi connectivity index (χ1) is 11.6. The van der Waals surface area contributed by atoms with Crippen LogP contribution < -0.4 is 9.64 Å². The standard InChI is InChI=1S/C17H21N3O.C2H6S/c1-5-14-17(18-6-2)13(11-19-14)12-20(3)15-9-7-8-10-16(15)21-4;1-3-2/h5-11,19H,1,12H2,2-4H3;1-2H3. The average Bonchev–Trinajstić information content (AvgIpc) is 2.97. The summed E-state index contributed by atoms with van der Waals surface area (Å²) >= 11 is 1.75. The largest absolute Gasteiger partial charge is 0.495 e. The molecule has 0 unspecified atom stereocenters. The summed E-state index contributed by atoms with van der Waals surface area (Å²) in [5.74, 6) is 0.861. The third kappa shape index (κ3) is 5.20. The van der Waals surface area contributed by atoms with Gasteiger partial charge in [-0.15, -0.1) is 0 Å². The van der Waals surface area contributed by atoms with E-state index in [0.29, 0.717) is 0 Å². The van der Waals surface area contributed by atoms with Crippen molar-refractivity contribution in [1.29, 1.82) is 0 Å². The molecule has 24 heavy (non-hydrogen) atoms. The van der Waals surface area contributed by atoms with Gasteiger partial charge in [-0.3, -0.25) is 4.99 Å². The molecule has 2 rings (SSSR count). The van der Waals surface area contributed by atoms with Crippen LogP contribution in [0.3, 0.4) is 0 Å². The van der Waals surface area contributed by atoms with Gasteiger partial charge in [0.05, 0.1) is 24.2 Å². The average molecular weight is 346 g/mol. The van der Waals surface area contributed by atoms with Crippen LogP contribution in [-0.4, -0.2) is 37.9 Å². The molecule has 0 spiro atoms. The molecule has 2 aromatic rings. The number of benzene rings is 1. The highest BCUT2D eigenvalue weighted by molar-refractivity contribution is 7.97. The third-order valence-electron chi connectivity index (χ3n) is 3.33. The zero-order chi connectivity index (χ0) is 17.9. The summed E-state index contributed by atoms with van der Waals surface area (Å²) in [6, 6.07) is 7.98. The molecule has 1 aromatic carbocycles. The molecule has 0 atom stereocenters. The van der Waals surface area contributed by atoms with Gasteiger partial charge >= 0.3 is 0 Å². The lowest BCUT2D eigenvalue weighted by atomic mass is 10.2. The molecule has 0 aliphatic heterocycles. The summed E-state index contributed by atoms with van der Waals surface area (Å²) in [5.41, 5.74) is 4.05. The second kappa shape index (κ2) is 10.6. The number of nitrogens with one attached hydrogen (secondary N) is 1. The van der Waals surface area contributed by atoms with Crippen molar-refractivity contribution in [3.8, 4) is 5.75 Å². The minimum absolute atomic E-state index is 0.734. The van der Waals surface area contributed by atoms with Gasteiger partial charge in [0.25, 0.3) is 0 Å². The van der Waals surface area contributed by atoms with Gasteiger partial charge in [-0.25, -0.2) is 0 Å². The molecule has 0 saturated heterocycles. The van der Waals surface area contributed by atoms with Crippen molar-refractivity contribution in [1.82, 2.24) is 4.98 Å². The highest BCUT2D eigenvalue weighted by Crippen LogP contribution is 2.31. The Morgan fingerprint density at radius 3 is 2.58 bits per heavy atom. The number of nitrogens with zero attached hydrogens (tertiary/aromatic N) is 2. The number of aliphatic imine (C=N–C) groups is 1. The summed E-state index contributed by atoms with van der Waals surface area (Å²) in [7, 11) is 3.73. The van der Waals surface area contributed by atoms with Gasteiger partial charge in [0, 0.05) is 31.6 Å². The van der Waals surface area contributed by atoms with Gasteiger partial charge in [-0.1, -0.05) is 18.7 Å². The molecule has 0 fully saturated rings. The molecule has 0 saturated carbocycles. The lowest BCUT2D eigenvalue weighted by Crippen LogP contribution is -2.16. The van der Waals surface area contributed by atoms with Crippen molar-refractivity contribution < 1.29 is 4.74 Å². The normalized spacial score (nSPS) is 10.2. The second-order valence-electron chi connectivity index (χ2n) is 5.10. The van der Waals surface area contributed by atoms with Crippen LogP contribution in [0.5, 0.6) is 5.75 Å². The molecule has 1 aromatic heterocycles. The Bertz CT molecular complexity index is 664. The molecule has 1 heterocycles. The van der Waals surface area contributed by atoms with Crippen molar-refractivity contribution in [2.24, 2.45) is 4.99 Å². The molecule has 0 radical (unpaired) electrons. The number of para-hydroxylation sites is 2. The maximum absolute atomic E-state index is 5.41. The van der Waals surface area contributed by atoms with E-state index in [-0.39, 0.29) is 0 Å². The summed E-state index contributed by atoms with van der Waals surface area (Å²) in [4.78, 5) is 9.79. The summed E-state index contributed by atoms with van der Waals surface area (Å²) in [5, 5.41) is 0. The zero-order valence-corrected chi connectivity index (χ0v) is 16.0. The minimum atomic E-state index is 0.734. The van der Waals surface area contributed by atoms with Crippen molar-refractivity contribution in [3.63, 3.8) is 0 Å². The Balaban J connectivity index is 0.000000891. The van der Waals surface area contributed by atoms with Crippen LogP contribution in [0.4, 0.5) is 11.4 Å². The summed E-state index contributed by atoms with van der Waals surface area (Å²) < 4.78 is 5.41. The van der Waals surface area contributed by atoms with E-state index < -0.39 is 0 Å². The van der Waals surface area contributed by atoms with E-state index in [2.05, 4.69) is 21.5 Å². The molecule has 5 heteroatoms. The van der Waals surface area contributed by atoms with Gasteiger partial charge in [0.15, 0.2) is 0 Å². The number of hydrogen-bond acceptors (Lipinski definition) is 4. The SMILES string of the molecule is C=Cc1[nH]cc(CN(C)c2ccccc2OC)c1N=CC.CSC. The predicted molar refractivity (Wildman–Crippen MR) is 109 cm³/mol. The topological polar surface area (TPSA) is 40.6 Å². The van der Waals surface area contributed by atoms with Crippen LogP contribution in [0.2, 0.25) is 0 Å². The highest BCUT2D eigenvalue weighted by Gasteiger charge is 2.13. The molecule has 1 N–H and O–H groups in total.